The summed E-state index contributed by atoms with van der Waals surface area (Å²) in [6, 6.07) is 8.49. The Morgan fingerprint density at radius 2 is 1.96 bits per heavy atom. The number of carbonyl (C=O) groups is 1. The number of aromatic amines is 1. The zero-order valence-electron chi connectivity index (χ0n) is 14.9. The largest absolute Gasteiger partial charge is 0.353 e. The highest BCUT2D eigenvalue weighted by atomic mass is 32.1. The Bertz CT molecular complexity index is 769. The second-order valence-corrected chi connectivity index (χ2v) is 7.53. The zero-order chi connectivity index (χ0) is 17.8. The first-order valence-electron chi connectivity index (χ1n) is 9.04. The number of hydrogen-bond donors (Lipinski definition) is 2. The smallest absolute Gasteiger partial charge is 0.222 e. The van der Waals surface area contributed by atoms with Gasteiger partial charge in [0.1, 0.15) is 0 Å². The number of amides is 1. The minimum Gasteiger partial charge on any atom is -0.353 e. The Morgan fingerprint density at radius 3 is 2.64 bits per heavy atom. The first-order valence-corrected chi connectivity index (χ1v) is 9.45. The lowest BCUT2D eigenvalue weighted by atomic mass is 9.87. The Balaban J connectivity index is 1.61. The molecule has 0 bridgehead atoms. The van der Waals surface area contributed by atoms with Gasteiger partial charge in [0.2, 0.25) is 5.91 Å². The molecular weight excluding hydrogens is 332 g/mol. The number of hydrogen-bond acceptors (Lipinski definition) is 3. The molecule has 0 saturated heterocycles. The van der Waals surface area contributed by atoms with Crippen LogP contribution in [0.4, 0.5) is 0 Å². The fraction of sp³-hybridized carbons (Fsp3) is 0.526. The van der Waals surface area contributed by atoms with Crippen molar-refractivity contribution in [1.29, 1.82) is 0 Å². The molecule has 1 amide bonds. The van der Waals surface area contributed by atoms with Crippen LogP contribution >= 0.6 is 12.2 Å². The summed E-state index contributed by atoms with van der Waals surface area (Å²) in [6.07, 6.45) is 5.00. The number of nitrogens with zero attached hydrogens (tertiary/aromatic N) is 2. The lowest BCUT2D eigenvalue weighted by Gasteiger charge is -2.26. The monoisotopic (exact) mass is 358 g/mol. The van der Waals surface area contributed by atoms with Crippen molar-refractivity contribution in [2.75, 3.05) is 0 Å². The molecule has 2 N–H and O–H groups in total. The maximum absolute atomic E-state index is 12.3. The number of benzene rings is 1. The van der Waals surface area contributed by atoms with E-state index in [0.717, 1.165) is 30.1 Å². The predicted octanol–water partition coefficient (Wildman–Crippen LogP) is 4.00. The van der Waals surface area contributed by atoms with Crippen LogP contribution in [-0.2, 0) is 11.3 Å². The van der Waals surface area contributed by atoms with E-state index in [4.69, 9.17) is 12.2 Å². The van der Waals surface area contributed by atoms with Crippen LogP contribution in [0.3, 0.4) is 0 Å². The van der Waals surface area contributed by atoms with Gasteiger partial charge in [-0.3, -0.25) is 14.5 Å². The number of carbonyl (C=O) groups excluding carboxylic acids is 1. The molecule has 2 aromatic rings. The van der Waals surface area contributed by atoms with Crippen molar-refractivity contribution in [2.45, 2.75) is 58.5 Å². The van der Waals surface area contributed by atoms with Crippen LogP contribution in [0.15, 0.2) is 24.3 Å². The van der Waals surface area contributed by atoms with Crippen LogP contribution in [0.2, 0.25) is 0 Å². The Hall–Kier alpha value is -1.95. The van der Waals surface area contributed by atoms with Gasteiger partial charge in [-0.1, -0.05) is 36.8 Å². The van der Waals surface area contributed by atoms with Crippen molar-refractivity contribution in [3.8, 4) is 11.4 Å². The molecule has 3 rings (SSSR count). The minimum absolute atomic E-state index is 0.0949. The normalized spacial score (nSPS) is 20.4. The summed E-state index contributed by atoms with van der Waals surface area (Å²) in [5.74, 6) is 1.66. The third kappa shape index (κ3) is 4.57. The quantitative estimate of drug-likeness (QED) is 0.794. The zero-order valence-corrected chi connectivity index (χ0v) is 15.7. The third-order valence-corrected chi connectivity index (χ3v) is 5.32. The van der Waals surface area contributed by atoms with Gasteiger partial charge in [0, 0.05) is 24.6 Å². The lowest BCUT2D eigenvalue weighted by molar-refractivity contribution is -0.122. The van der Waals surface area contributed by atoms with Crippen LogP contribution in [-0.4, -0.2) is 26.7 Å². The van der Waals surface area contributed by atoms with Gasteiger partial charge in [0.05, 0.1) is 0 Å². The maximum atomic E-state index is 12.3. The van der Waals surface area contributed by atoms with Crippen LogP contribution in [0.5, 0.6) is 0 Å². The highest BCUT2D eigenvalue weighted by molar-refractivity contribution is 7.71. The van der Waals surface area contributed by atoms with Crippen molar-refractivity contribution in [3.63, 3.8) is 0 Å². The van der Waals surface area contributed by atoms with E-state index in [9.17, 15) is 4.79 Å². The molecule has 1 aromatic heterocycles. The van der Waals surface area contributed by atoms with Crippen molar-refractivity contribution < 1.29 is 4.79 Å². The molecule has 0 unspecified atom stereocenters. The minimum atomic E-state index is 0.0949. The molecule has 1 saturated carbocycles. The van der Waals surface area contributed by atoms with Crippen molar-refractivity contribution in [3.05, 3.63) is 34.6 Å². The molecule has 25 heavy (non-hydrogen) atoms. The van der Waals surface area contributed by atoms with E-state index in [2.05, 4.69) is 29.4 Å². The Morgan fingerprint density at radius 1 is 1.28 bits per heavy atom. The van der Waals surface area contributed by atoms with Gasteiger partial charge >= 0.3 is 0 Å². The second-order valence-electron chi connectivity index (χ2n) is 7.14. The molecule has 5 nitrogen and oxygen atoms in total. The third-order valence-electron chi connectivity index (χ3n) is 5.01. The second kappa shape index (κ2) is 7.95. The molecule has 0 radical (unpaired) electrons. The van der Waals surface area contributed by atoms with E-state index in [1.807, 2.05) is 28.8 Å². The summed E-state index contributed by atoms with van der Waals surface area (Å²) in [6.45, 7) is 4.87. The van der Waals surface area contributed by atoms with Crippen LogP contribution in [0.1, 0.15) is 44.6 Å². The molecule has 1 aliphatic carbocycles. The number of H-pyrrole nitrogens is 1. The van der Waals surface area contributed by atoms with E-state index >= 15 is 0 Å². The van der Waals surface area contributed by atoms with Gasteiger partial charge in [0.15, 0.2) is 10.6 Å². The molecule has 0 atom stereocenters. The molecule has 0 aliphatic heterocycles. The average Bonchev–Trinajstić information content (AvgIpc) is 2.96. The number of nitrogens with one attached hydrogen (secondary N) is 2. The van der Waals surface area contributed by atoms with Crippen LogP contribution < -0.4 is 5.32 Å². The molecule has 0 spiro atoms. The summed E-state index contributed by atoms with van der Waals surface area (Å²) in [4.78, 5) is 12.3. The Kier molecular flexibility index (Phi) is 5.68. The molecular formula is C19H26N4OS. The van der Waals surface area contributed by atoms with E-state index in [-0.39, 0.29) is 5.91 Å². The number of rotatable bonds is 5. The maximum Gasteiger partial charge on any atom is 0.222 e. The SMILES string of the molecule is Cc1ccc(-c2n[nH]c(=S)n2CCC(=O)NC2CCC(C)CC2)cc1. The van der Waals surface area contributed by atoms with E-state index in [1.165, 1.54) is 18.4 Å². The fourth-order valence-corrected chi connectivity index (χ4v) is 3.59. The fourth-order valence-electron chi connectivity index (χ4n) is 3.37. The molecule has 6 heteroatoms. The van der Waals surface area contributed by atoms with E-state index in [0.29, 0.717) is 23.8 Å². The lowest BCUT2D eigenvalue weighted by Crippen LogP contribution is -2.37. The standard InChI is InChI=1S/C19H26N4OS/c1-13-3-7-15(8-4-13)18-21-22-19(25)23(18)12-11-17(24)20-16-9-5-14(2)6-10-16/h3-4,7-8,14,16H,5-6,9-12H2,1-2H3,(H,20,24)(H,22,25). The average molecular weight is 359 g/mol. The van der Waals surface area contributed by atoms with Gasteiger partial charge < -0.3 is 5.32 Å². The van der Waals surface area contributed by atoms with Crippen molar-refractivity contribution in [1.82, 2.24) is 20.1 Å². The summed E-state index contributed by atoms with van der Waals surface area (Å²) in [7, 11) is 0. The summed E-state index contributed by atoms with van der Waals surface area (Å²) in [5.41, 5.74) is 2.20. The van der Waals surface area contributed by atoms with Crippen molar-refractivity contribution in [2.24, 2.45) is 5.92 Å². The first-order chi connectivity index (χ1) is 12.0. The van der Waals surface area contributed by atoms with E-state index in [1.54, 1.807) is 0 Å². The molecule has 1 aliphatic rings. The van der Waals surface area contributed by atoms with Gasteiger partial charge in [-0.15, -0.1) is 0 Å². The van der Waals surface area contributed by atoms with Gasteiger partial charge in [-0.05, 0) is 50.7 Å². The summed E-state index contributed by atoms with van der Waals surface area (Å²) in [5, 5.41) is 10.3. The highest BCUT2D eigenvalue weighted by Crippen LogP contribution is 2.23. The summed E-state index contributed by atoms with van der Waals surface area (Å²) < 4.78 is 2.46. The highest BCUT2D eigenvalue weighted by Gasteiger charge is 2.20. The van der Waals surface area contributed by atoms with E-state index < -0.39 is 0 Å². The topological polar surface area (TPSA) is 62.7 Å². The first kappa shape index (κ1) is 17.9. The predicted molar refractivity (Wildman–Crippen MR) is 102 cm³/mol. The molecule has 134 valence electrons. The van der Waals surface area contributed by atoms with Gasteiger partial charge in [-0.25, -0.2) is 0 Å². The van der Waals surface area contributed by atoms with Gasteiger partial charge in [-0.2, -0.15) is 5.10 Å². The molecule has 1 aromatic carbocycles. The summed E-state index contributed by atoms with van der Waals surface area (Å²) >= 11 is 5.34. The molecule has 1 fully saturated rings. The van der Waals surface area contributed by atoms with Crippen LogP contribution in [0.25, 0.3) is 11.4 Å². The molecule has 1 heterocycles. The van der Waals surface area contributed by atoms with Crippen LogP contribution in [0, 0.1) is 17.6 Å². The Labute approximate surface area is 153 Å². The van der Waals surface area contributed by atoms with Gasteiger partial charge in [0.25, 0.3) is 0 Å². The number of aromatic nitrogens is 3. The van der Waals surface area contributed by atoms with Crippen molar-refractivity contribution >= 4 is 18.1 Å². The number of aryl methyl sites for hydroxylation is 1.